The van der Waals surface area contributed by atoms with Gasteiger partial charge >= 0.3 is 5.97 Å². The lowest BCUT2D eigenvalue weighted by atomic mass is 9.95. The number of ether oxygens (including phenoxy) is 4. The third-order valence-electron chi connectivity index (χ3n) is 6.66. The Kier molecular flexibility index (Phi) is 6.96. The van der Waals surface area contributed by atoms with Crippen molar-refractivity contribution >= 4 is 23.4 Å². The molecule has 3 heterocycles. The maximum absolute atomic E-state index is 13.8. The summed E-state index contributed by atoms with van der Waals surface area (Å²) in [7, 11) is 0. The molecule has 6 rings (SSSR count). The van der Waals surface area contributed by atoms with Crippen molar-refractivity contribution in [3.05, 3.63) is 120 Å². The summed E-state index contributed by atoms with van der Waals surface area (Å²) in [5.41, 5.74) is 3.22. The Morgan fingerprint density at radius 3 is 2.62 bits per heavy atom. The van der Waals surface area contributed by atoms with E-state index >= 15 is 0 Å². The fourth-order valence-corrected chi connectivity index (χ4v) is 5.79. The second-order valence-corrected chi connectivity index (χ2v) is 10.3. The van der Waals surface area contributed by atoms with E-state index in [0.29, 0.717) is 44.3 Å². The van der Waals surface area contributed by atoms with Crippen LogP contribution in [0.1, 0.15) is 36.6 Å². The predicted octanol–water partition coefficient (Wildman–Crippen LogP) is 4.11. The van der Waals surface area contributed by atoms with Crippen LogP contribution in [0.5, 0.6) is 17.2 Å². The van der Waals surface area contributed by atoms with Crippen LogP contribution in [0.15, 0.2) is 93.9 Å². The second kappa shape index (κ2) is 10.9. The molecule has 9 heteroatoms. The van der Waals surface area contributed by atoms with Crippen LogP contribution in [0.2, 0.25) is 0 Å². The standard InChI is InChI=1S/C31H26N2O6S/c1-3-36-30(35)27-19(2)32-31-33(28(27)22-11-14-24-25(16-22)39-18-38-24)29(34)26(40-31)15-20-9-12-23(13-10-20)37-17-21-7-5-4-6-8-21/h4-16,28H,3,17-18H2,1-2H3. The van der Waals surface area contributed by atoms with Crippen LogP contribution in [0.4, 0.5) is 0 Å². The van der Waals surface area contributed by atoms with Crippen LogP contribution in [0.3, 0.4) is 0 Å². The van der Waals surface area contributed by atoms with Gasteiger partial charge in [0.15, 0.2) is 16.3 Å². The molecule has 2 aliphatic heterocycles. The molecule has 8 nitrogen and oxygen atoms in total. The van der Waals surface area contributed by atoms with E-state index in [1.807, 2.05) is 66.7 Å². The largest absolute Gasteiger partial charge is 0.489 e. The lowest BCUT2D eigenvalue weighted by molar-refractivity contribution is -0.139. The number of rotatable bonds is 7. The summed E-state index contributed by atoms with van der Waals surface area (Å²) in [4.78, 5) is 32.1. The van der Waals surface area contributed by atoms with Gasteiger partial charge in [-0.15, -0.1) is 0 Å². The van der Waals surface area contributed by atoms with Gasteiger partial charge in [-0.2, -0.15) is 0 Å². The molecule has 2 aliphatic rings. The lowest BCUT2D eigenvalue weighted by Crippen LogP contribution is -2.39. The van der Waals surface area contributed by atoms with Crippen LogP contribution < -0.4 is 29.1 Å². The number of benzene rings is 3. The second-order valence-electron chi connectivity index (χ2n) is 9.26. The third kappa shape index (κ3) is 4.91. The van der Waals surface area contributed by atoms with Crippen molar-refractivity contribution in [1.29, 1.82) is 0 Å². The minimum atomic E-state index is -0.722. The smallest absolute Gasteiger partial charge is 0.338 e. The molecule has 0 fully saturated rings. The minimum Gasteiger partial charge on any atom is -0.489 e. The molecule has 1 atom stereocenters. The Labute approximate surface area is 234 Å². The van der Waals surface area contributed by atoms with Gasteiger partial charge in [0.1, 0.15) is 12.4 Å². The van der Waals surface area contributed by atoms with E-state index < -0.39 is 12.0 Å². The van der Waals surface area contributed by atoms with Crippen molar-refractivity contribution < 1.29 is 23.7 Å². The van der Waals surface area contributed by atoms with Crippen molar-refractivity contribution in [3.8, 4) is 17.2 Å². The van der Waals surface area contributed by atoms with Gasteiger partial charge in [-0.3, -0.25) is 9.36 Å². The zero-order valence-electron chi connectivity index (χ0n) is 22.0. The van der Waals surface area contributed by atoms with Gasteiger partial charge < -0.3 is 18.9 Å². The molecular formula is C31H26N2O6S. The fourth-order valence-electron chi connectivity index (χ4n) is 4.74. The highest BCUT2D eigenvalue weighted by Gasteiger charge is 2.34. The van der Waals surface area contributed by atoms with E-state index in [1.165, 1.54) is 11.3 Å². The summed E-state index contributed by atoms with van der Waals surface area (Å²) >= 11 is 1.28. The van der Waals surface area contributed by atoms with Gasteiger partial charge in [0.2, 0.25) is 6.79 Å². The third-order valence-corrected chi connectivity index (χ3v) is 7.64. The van der Waals surface area contributed by atoms with Crippen molar-refractivity contribution in [2.45, 2.75) is 26.5 Å². The average Bonchev–Trinajstić information content (AvgIpc) is 3.56. The summed E-state index contributed by atoms with van der Waals surface area (Å²) in [6, 6.07) is 22.2. The average molecular weight is 555 g/mol. The number of fused-ring (bicyclic) bond motifs is 2. The van der Waals surface area contributed by atoms with Gasteiger partial charge in [0.05, 0.1) is 28.5 Å². The monoisotopic (exact) mass is 554 g/mol. The number of carbonyl (C=O) groups excluding carboxylic acids is 1. The first kappa shape index (κ1) is 25.6. The first-order valence-electron chi connectivity index (χ1n) is 12.9. The van der Waals surface area contributed by atoms with Crippen LogP contribution in [-0.2, 0) is 16.1 Å². The number of carbonyl (C=O) groups is 1. The molecule has 40 heavy (non-hydrogen) atoms. The maximum atomic E-state index is 13.8. The molecule has 202 valence electrons. The number of hydrogen-bond donors (Lipinski definition) is 0. The quantitative estimate of drug-likeness (QED) is 0.320. The number of nitrogens with zero attached hydrogens (tertiary/aromatic N) is 2. The molecule has 0 radical (unpaired) electrons. The van der Waals surface area contributed by atoms with Crippen LogP contribution >= 0.6 is 11.3 Å². The van der Waals surface area contributed by atoms with Gasteiger partial charge in [0.25, 0.3) is 5.56 Å². The molecule has 3 aromatic carbocycles. The normalized spacial score (nSPS) is 15.9. The highest BCUT2D eigenvalue weighted by molar-refractivity contribution is 7.07. The Morgan fingerprint density at radius 1 is 1.07 bits per heavy atom. The van der Waals surface area contributed by atoms with E-state index in [-0.39, 0.29) is 19.0 Å². The van der Waals surface area contributed by atoms with Crippen LogP contribution in [-0.4, -0.2) is 23.9 Å². The van der Waals surface area contributed by atoms with Gasteiger partial charge in [0, 0.05) is 0 Å². The lowest BCUT2D eigenvalue weighted by Gasteiger charge is -2.24. The van der Waals surface area contributed by atoms with E-state index in [9.17, 15) is 9.59 Å². The zero-order chi connectivity index (χ0) is 27.6. The van der Waals surface area contributed by atoms with E-state index in [1.54, 1.807) is 30.5 Å². The Hall–Kier alpha value is -4.63. The molecule has 4 aromatic rings. The van der Waals surface area contributed by atoms with Crippen molar-refractivity contribution in [2.24, 2.45) is 4.99 Å². The topological polar surface area (TPSA) is 88.4 Å². The van der Waals surface area contributed by atoms with E-state index in [0.717, 1.165) is 16.9 Å². The first-order chi connectivity index (χ1) is 19.5. The van der Waals surface area contributed by atoms with Crippen molar-refractivity contribution in [2.75, 3.05) is 13.4 Å². The number of allylic oxidation sites excluding steroid dienone is 1. The molecule has 0 saturated carbocycles. The summed E-state index contributed by atoms with van der Waals surface area (Å²) in [6.45, 7) is 4.31. The number of esters is 1. The van der Waals surface area contributed by atoms with Crippen LogP contribution in [0.25, 0.3) is 6.08 Å². The van der Waals surface area contributed by atoms with Crippen molar-refractivity contribution in [3.63, 3.8) is 0 Å². The fraction of sp³-hybridized carbons (Fsp3) is 0.194. The molecule has 0 aliphatic carbocycles. The molecule has 0 bridgehead atoms. The van der Waals surface area contributed by atoms with Crippen LogP contribution in [0, 0.1) is 0 Å². The maximum Gasteiger partial charge on any atom is 0.338 e. The molecule has 0 N–H and O–H groups in total. The summed E-state index contributed by atoms with van der Waals surface area (Å²) in [5, 5.41) is 0. The van der Waals surface area contributed by atoms with Gasteiger partial charge in [-0.05, 0) is 60.9 Å². The van der Waals surface area contributed by atoms with Crippen molar-refractivity contribution in [1.82, 2.24) is 4.57 Å². The summed E-state index contributed by atoms with van der Waals surface area (Å²) in [5.74, 6) is 1.41. The number of hydrogen-bond acceptors (Lipinski definition) is 8. The molecule has 0 saturated heterocycles. The number of thiazole rings is 1. The minimum absolute atomic E-state index is 0.122. The highest BCUT2D eigenvalue weighted by Crippen LogP contribution is 2.38. The summed E-state index contributed by atoms with van der Waals surface area (Å²) in [6.07, 6.45) is 1.82. The SMILES string of the molecule is CCOC(=O)C1=C(C)N=c2sc(=Cc3ccc(OCc4ccccc4)cc3)c(=O)n2C1c1ccc2c(c1)OCO2. The Morgan fingerprint density at radius 2 is 1.85 bits per heavy atom. The predicted molar refractivity (Wildman–Crippen MR) is 150 cm³/mol. The van der Waals surface area contributed by atoms with E-state index in [4.69, 9.17) is 18.9 Å². The highest BCUT2D eigenvalue weighted by atomic mass is 32.1. The Bertz CT molecular complexity index is 1790. The molecule has 0 amide bonds. The Balaban J connectivity index is 1.37. The molecule has 1 unspecified atom stereocenters. The molecular weight excluding hydrogens is 528 g/mol. The van der Waals surface area contributed by atoms with Gasteiger partial charge in [-0.1, -0.05) is 59.9 Å². The van der Waals surface area contributed by atoms with E-state index in [2.05, 4.69) is 4.99 Å². The summed E-state index contributed by atoms with van der Waals surface area (Å²) < 4.78 is 24.4. The zero-order valence-corrected chi connectivity index (χ0v) is 22.8. The molecule has 0 spiro atoms. The first-order valence-corrected chi connectivity index (χ1v) is 13.7. The number of aromatic nitrogens is 1. The molecule has 1 aromatic heterocycles. The van der Waals surface area contributed by atoms with Gasteiger partial charge in [-0.25, -0.2) is 9.79 Å².